The summed E-state index contributed by atoms with van der Waals surface area (Å²) in [5.41, 5.74) is 0.951. The monoisotopic (exact) mass is 287 g/mol. The predicted octanol–water partition coefficient (Wildman–Crippen LogP) is 3.81. The second-order valence-corrected chi connectivity index (χ2v) is 5.09. The van der Waals surface area contributed by atoms with Gasteiger partial charge < -0.3 is 10.1 Å². The van der Waals surface area contributed by atoms with Crippen molar-refractivity contribution < 1.29 is 9.13 Å². The summed E-state index contributed by atoms with van der Waals surface area (Å²) in [4.78, 5) is 0. The van der Waals surface area contributed by atoms with E-state index in [1.54, 1.807) is 13.2 Å². The molecule has 0 amide bonds. The molecule has 19 heavy (non-hydrogen) atoms. The van der Waals surface area contributed by atoms with Crippen molar-refractivity contribution >= 4 is 11.6 Å². The van der Waals surface area contributed by atoms with E-state index in [4.69, 9.17) is 16.3 Å². The van der Waals surface area contributed by atoms with Gasteiger partial charge in [0.2, 0.25) is 0 Å². The maximum Gasteiger partial charge on any atom is 0.124 e. The SMILES string of the molecule is CCCNC(Cc1ccc(F)cc1Cl)C(CC)OC. The van der Waals surface area contributed by atoms with Crippen molar-refractivity contribution in [2.24, 2.45) is 0 Å². The summed E-state index contributed by atoms with van der Waals surface area (Å²) in [7, 11) is 1.72. The first kappa shape index (κ1) is 16.4. The normalized spacial score (nSPS) is 14.4. The Hall–Kier alpha value is -0.640. The largest absolute Gasteiger partial charge is 0.380 e. The summed E-state index contributed by atoms with van der Waals surface area (Å²) in [5.74, 6) is -0.300. The summed E-state index contributed by atoms with van der Waals surface area (Å²) >= 11 is 6.09. The Morgan fingerprint density at radius 1 is 1.37 bits per heavy atom. The molecule has 0 aromatic heterocycles. The Morgan fingerprint density at radius 3 is 2.63 bits per heavy atom. The number of benzene rings is 1. The van der Waals surface area contributed by atoms with Crippen LogP contribution in [0.25, 0.3) is 0 Å². The smallest absolute Gasteiger partial charge is 0.124 e. The van der Waals surface area contributed by atoms with Gasteiger partial charge in [-0.1, -0.05) is 31.5 Å². The minimum absolute atomic E-state index is 0.132. The van der Waals surface area contributed by atoms with Gasteiger partial charge in [0.1, 0.15) is 5.82 Å². The second kappa shape index (κ2) is 8.51. The molecular weight excluding hydrogens is 265 g/mol. The lowest BCUT2D eigenvalue weighted by Crippen LogP contribution is -2.42. The maximum atomic E-state index is 13.1. The van der Waals surface area contributed by atoms with Crippen LogP contribution in [0.15, 0.2) is 18.2 Å². The highest BCUT2D eigenvalue weighted by Crippen LogP contribution is 2.20. The minimum atomic E-state index is -0.300. The van der Waals surface area contributed by atoms with Gasteiger partial charge in [-0.05, 0) is 43.5 Å². The zero-order valence-corrected chi connectivity index (χ0v) is 12.6. The van der Waals surface area contributed by atoms with Crippen LogP contribution in [0.4, 0.5) is 4.39 Å². The number of ether oxygens (including phenoxy) is 1. The van der Waals surface area contributed by atoms with E-state index in [0.29, 0.717) is 5.02 Å². The molecule has 108 valence electrons. The van der Waals surface area contributed by atoms with Crippen molar-refractivity contribution in [1.29, 1.82) is 0 Å². The molecule has 1 rings (SSSR count). The quantitative estimate of drug-likeness (QED) is 0.785. The van der Waals surface area contributed by atoms with Crippen LogP contribution in [0.5, 0.6) is 0 Å². The molecule has 2 unspecified atom stereocenters. The lowest BCUT2D eigenvalue weighted by molar-refractivity contribution is 0.0653. The van der Waals surface area contributed by atoms with Crippen molar-refractivity contribution in [3.63, 3.8) is 0 Å². The predicted molar refractivity (Wildman–Crippen MR) is 78.3 cm³/mol. The summed E-state index contributed by atoms with van der Waals surface area (Å²) in [6, 6.07) is 4.76. The van der Waals surface area contributed by atoms with Crippen molar-refractivity contribution in [2.45, 2.75) is 45.3 Å². The molecule has 0 aliphatic rings. The van der Waals surface area contributed by atoms with Gasteiger partial charge in [-0.15, -0.1) is 0 Å². The van der Waals surface area contributed by atoms with Crippen LogP contribution in [0.1, 0.15) is 32.3 Å². The van der Waals surface area contributed by atoms with E-state index in [2.05, 4.69) is 19.2 Å². The number of rotatable bonds is 8. The molecule has 4 heteroatoms. The molecular formula is C15H23ClFNO. The lowest BCUT2D eigenvalue weighted by Gasteiger charge is -2.26. The molecule has 0 fully saturated rings. The van der Waals surface area contributed by atoms with E-state index in [-0.39, 0.29) is 18.0 Å². The van der Waals surface area contributed by atoms with E-state index in [9.17, 15) is 4.39 Å². The Kier molecular flexibility index (Phi) is 7.36. The summed E-state index contributed by atoms with van der Waals surface area (Å²) < 4.78 is 18.6. The van der Waals surface area contributed by atoms with Crippen LogP contribution in [0, 0.1) is 5.82 Å². The van der Waals surface area contributed by atoms with E-state index in [1.807, 2.05) is 0 Å². The van der Waals surface area contributed by atoms with Gasteiger partial charge in [0.15, 0.2) is 0 Å². The average molecular weight is 288 g/mol. The van der Waals surface area contributed by atoms with Crippen molar-refractivity contribution in [1.82, 2.24) is 5.32 Å². The van der Waals surface area contributed by atoms with Crippen LogP contribution < -0.4 is 5.32 Å². The molecule has 2 nitrogen and oxygen atoms in total. The van der Waals surface area contributed by atoms with Gasteiger partial charge in [-0.2, -0.15) is 0 Å². The molecule has 0 saturated carbocycles. The van der Waals surface area contributed by atoms with Crippen molar-refractivity contribution in [3.05, 3.63) is 34.6 Å². The number of halogens is 2. The lowest BCUT2D eigenvalue weighted by atomic mass is 9.99. The van der Waals surface area contributed by atoms with Gasteiger partial charge in [-0.25, -0.2) is 4.39 Å². The highest BCUT2D eigenvalue weighted by atomic mass is 35.5. The van der Waals surface area contributed by atoms with Gasteiger partial charge in [0, 0.05) is 18.2 Å². The van der Waals surface area contributed by atoms with E-state index in [0.717, 1.165) is 31.4 Å². The molecule has 1 aromatic rings. The summed E-state index contributed by atoms with van der Waals surface area (Å²) in [6.45, 7) is 5.16. The third-order valence-electron chi connectivity index (χ3n) is 3.27. The molecule has 2 atom stereocenters. The van der Waals surface area contributed by atoms with Gasteiger partial charge in [-0.3, -0.25) is 0 Å². The maximum absolute atomic E-state index is 13.1. The van der Waals surface area contributed by atoms with Gasteiger partial charge in [0.05, 0.1) is 6.10 Å². The van der Waals surface area contributed by atoms with E-state index < -0.39 is 0 Å². The van der Waals surface area contributed by atoms with Crippen LogP contribution in [-0.2, 0) is 11.2 Å². The van der Waals surface area contributed by atoms with Crippen molar-refractivity contribution in [2.75, 3.05) is 13.7 Å². The Bertz CT molecular complexity index is 382. The van der Waals surface area contributed by atoms with E-state index in [1.165, 1.54) is 12.1 Å². The van der Waals surface area contributed by atoms with Crippen LogP contribution >= 0.6 is 11.6 Å². The Morgan fingerprint density at radius 2 is 2.11 bits per heavy atom. The zero-order valence-electron chi connectivity index (χ0n) is 11.9. The minimum Gasteiger partial charge on any atom is -0.380 e. The first-order valence-corrected chi connectivity index (χ1v) is 7.20. The topological polar surface area (TPSA) is 21.3 Å². The van der Waals surface area contributed by atoms with Crippen LogP contribution in [0.3, 0.4) is 0 Å². The molecule has 1 aromatic carbocycles. The zero-order chi connectivity index (χ0) is 14.3. The second-order valence-electron chi connectivity index (χ2n) is 4.68. The van der Waals surface area contributed by atoms with Crippen LogP contribution in [-0.4, -0.2) is 25.8 Å². The number of methoxy groups -OCH3 is 1. The summed E-state index contributed by atoms with van der Waals surface area (Å²) in [5, 5.41) is 3.97. The summed E-state index contributed by atoms with van der Waals surface area (Å²) in [6.07, 6.45) is 2.86. The molecule has 0 bridgehead atoms. The molecule has 0 saturated heterocycles. The highest BCUT2D eigenvalue weighted by molar-refractivity contribution is 6.31. The molecule has 0 aliphatic carbocycles. The van der Waals surface area contributed by atoms with Gasteiger partial charge >= 0.3 is 0 Å². The fourth-order valence-electron chi connectivity index (χ4n) is 2.20. The van der Waals surface area contributed by atoms with Crippen molar-refractivity contribution in [3.8, 4) is 0 Å². The standard InChI is InChI=1S/C15H23ClFNO/c1-4-8-18-14(15(5-2)19-3)9-11-6-7-12(17)10-13(11)16/h6-7,10,14-15,18H,4-5,8-9H2,1-3H3. The first-order valence-electron chi connectivity index (χ1n) is 6.82. The molecule has 0 aliphatic heterocycles. The third-order valence-corrected chi connectivity index (χ3v) is 3.62. The number of nitrogens with one attached hydrogen (secondary N) is 1. The molecule has 0 radical (unpaired) electrons. The average Bonchev–Trinajstić information content (AvgIpc) is 2.39. The first-order chi connectivity index (χ1) is 9.12. The molecule has 1 N–H and O–H groups in total. The molecule has 0 heterocycles. The Balaban J connectivity index is 2.80. The van der Waals surface area contributed by atoms with E-state index >= 15 is 0 Å². The number of hydrogen-bond donors (Lipinski definition) is 1. The van der Waals surface area contributed by atoms with Crippen LogP contribution in [0.2, 0.25) is 5.02 Å². The Labute approximate surface area is 120 Å². The number of hydrogen-bond acceptors (Lipinski definition) is 2. The fraction of sp³-hybridized carbons (Fsp3) is 0.600. The third kappa shape index (κ3) is 5.09. The highest BCUT2D eigenvalue weighted by Gasteiger charge is 2.20. The molecule has 0 spiro atoms. The van der Waals surface area contributed by atoms with Gasteiger partial charge in [0.25, 0.3) is 0 Å². The fourth-order valence-corrected chi connectivity index (χ4v) is 2.45.